The number of benzene rings is 1. The molecule has 0 saturated heterocycles. The van der Waals surface area contributed by atoms with Crippen molar-refractivity contribution >= 4 is 16.8 Å². The molecule has 2 atom stereocenters. The van der Waals surface area contributed by atoms with E-state index in [1.54, 1.807) is 6.20 Å². The van der Waals surface area contributed by atoms with Crippen LogP contribution in [0.4, 0.5) is 0 Å². The van der Waals surface area contributed by atoms with Gasteiger partial charge in [-0.25, -0.2) is 0 Å². The molecule has 1 heterocycles. The molecule has 4 nitrogen and oxygen atoms in total. The van der Waals surface area contributed by atoms with Gasteiger partial charge in [0.2, 0.25) is 0 Å². The van der Waals surface area contributed by atoms with E-state index in [-0.39, 0.29) is 17.4 Å². The number of hydrogen-bond acceptors (Lipinski definition) is 3. The van der Waals surface area contributed by atoms with E-state index in [1.807, 2.05) is 30.3 Å². The summed E-state index contributed by atoms with van der Waals surface area (Å²) >= 11 is 0. The number of nitrogens with zero attached hydrogens (tertiary/aromatic N) is 1. The Labute approximate surface area is 130 Å². The maximum atomic E-state index is 12.5. The number of rotatable bonds is 3. The molecule has 0 bridgehead atoms. The molecular formula is C18H22N2O2. The van der Waals surface area contributed by atoms with Crippen molar-refractivity contribution in [1.82, 2.24) is 10.3 Å². The van der Waals surface area contributed by atoms with Crippen LogP contribution in [0.15, 0.2) is 36.5 Å². The van der Waals surface area contributed by atoms with Crippen LogP contribution in [-0.4, -0.2) is 28.6 Å². The summed E-state index contributed by atoms with van der Waals surface area (Å²) in [5, 5.41) is 14.1. The Hall–Kier alpha value is -1.94. The second-order valence-corrected chi connectivity index (χ2v) is 6.47. The number of aliphatic hydroxyl groups excluding tert-OH is 1. The molecule has 0 spiro atoms. The van der Waals surface area contributed by atoms with Gasteiger partial charge in [-0.1, -0.05) is 31.9 Å². The molecule has 4 heteroatoms. The first-order valence-corrected chi connectivity index (χ1v) is 7.90. The van der Waals surface area contributed by atoms with Crippen molar-refractivity contribution in [2.24, 2.45) is 5.41 Å². The monoisotopic (exact) mass is 298 g/mol. The van der Waals surface area contributed by atoms with Crippen LogP contribution >= 0.6 is 0 Å². The van der Waals surface area contributed by atoms with Gasteiger partial charge in [0.1, 0.15) is 0 Å². The standard InChI is InChI=1S/C18H22N2O2/c1-18(10-3-2-9-16(18)21)12-20-17(22)14-6-4-8-15-13(14)7-5-11-19-15/h4-8,11,16,21H,2-3,9-10,12H2,1H3,(H,20,22). The number of carbonyl (C=O) groups is 1. The minimum Gasteiger partial charge on any atom is -0.392 e. The van der Waals surface area contributed by atoms with Crippen LogP contribution in [0.5, 0.6) is 0 Å². The van der Waals surface area contributed by atoms with Gasteiger partial charge in [-0.3, -0.25) is 9.78 Å². The van der Waals surface area contributed by atoms with E-state index in [0.29, 0.717) is 12.1 Å². The number of aliphatic hydroxyl groups is 1. The summed E-state index contributed by atoms with van der Waals surface area (Å²) in [6.45, 7) is 2.56. The normalized spacial score (nSPS) is 25.1. The largest absolute Gasteiger partial charge is 0.392 e. The molecule has 1 aliphatic rings. The number of carbonyl (C=O) groups excluding carboxylic acids is 1. The Balaban J connectivity index is 1.76. The van der Waals surface area contributed by atoms with Crippen molar-refractivity contribution in [3.63, 3.8) is 0 Å². The fourth-order valence-corrected chi connectivity index (χ4v) is 3.27. The van der Waals surface area contributed by atoms with Crippen LogP contribution in [-0.2, 0) is 0 Å². The molecular weight excluding hydrogens is 276 g/mol. The lowest BCUT2D eigenvalue weighted by Crippen LogP contribution is -2.45. The summed E-state index contributed by atoms with van der Waals surface area (Å²) in [4.78, 5) is 16.8. The third kappa shape index (κ3) is 2.83. The Kier molecular flexibility index (Phi) is 4.12. The van der Waals surface area contributed by atoms with Crippen LogP contribution in [0.3, 0.4) is 0 Å². The summed E-state index contributed by atoms with van der Waals surface area (Å²) in [7, 11) is 0. The number of nitrogens with one attached hydrogen (secondary N) is 1. The van der Waals surface area contributed by atoms with Crippen molar-refractivity contribution in [2.75, 3.05) is 6.54 Å². The SMILES string of the molecule is CC1(CNC(=O)c2cccc3ncccc23)CCCCC1O. The molecule has 0 radical (unpaired) electrons. The van der Waals surface area contributed by atoms with Gasteiger partial charge in [0.05, 0.1) is 11.6 Å². The summed E-state index contributed by atoms with van der Waals surface area (Å²) in [5.74, 6) is -0.0994. The van der Waals surface area contributed by atoms with Crippen LogP contribution in [0.2, 0.25) is 0 Å². The van der Waals surface area contributed by atoms with Crippen LogP contribution in [0, 0.1) is 5.41 Å². The average molecular weight is 298 g/mol. The number of aromatic nitrogens is 1. The molecule has 1 aromatic heterocycles. The molecule has 1 aromatic carbocycles. The van der Waals surface area contributed by atoms with E-state index < -0.39 is 0 Å². The first-order chi connectivity index (χ1) is 10.6. The summed E-state index contributed by atoms with van der Waals surface area (Å²) in [5.41, 5.74) is 1.23. The second-order valence-electron chi connectivity index (χ2n) is 6.47. The lowest BCUT2D eigenvalue weighted by molar-refractivity contribution is 0.00191. The Morgan fingerprint density at radius 3 is 3.05 bits per heavy atom. The fourth-order valence-electron chi connectivity index (χ4n) is 3.27. The summed E-state index contributed by atoms with van der Waals surface area (Å²) < 4.78 is 0. The first-order valence-electron chi connectivity index (χ1n) is 7.90. The van der Waals surface area contributed by atoms with E-state index in [0.717, 1.165) is 36.6 Å². The van der Waals surface area contributed by atoms with Gasteiger partial charge in [0, 0.05) is 29.1 Å². The molecule has 1 amide bonds. The number of pyridine rings is 1. The van der Waals surface area contributed by atoms with Crippen LogP contribution in [0.1, 0.15) is 43.0 Å². The molecule has 2 aromatic rings. The van der Waals surface area contributed by atoms with E-state index in [1.165, 1.54) is 0 Å². The molecule has 1 fully saturated rings. The van der Waals surface area contributed by atoms with Crippen molar-refractivity contribution in [3.05, 3.63) is 42.1 Å². The molecule has 116 valence electrons. The van der Waals surface area contributed by atoms with Crippen molar-refractivity contribution in [3.8, 4) is 0 Å². The highest BCUT2D eigenvalue weighted by Gasteiger charge is 2.35. The molecule has 2 N–H and O–H groups in total. The van der Waals surface area contributed by atoms with Gasteiger partial charge >= 0.3 is 0 Å². The first kappa shape index (κ1) is 15.0. The molecule has 22 heavy (non-hydrogen) atoms. The zero-order valence-corrected chi connectivity index (χ0v) is 12.9. The van der Waals surface area contributed by atoms with Crippen LogP contribution < -0.4 is 5.32 Å². The van der Waals surface area contributed by atoms with Crippen molar-refractivity contribution in [1.29, 1.82) is 0 Å². The van der Waals surface area contributed by atoms with E-state index in [9.17, 15) is 9.90 Å². The summed E-state index contributed by atoms with van der Waals surface area (Å²) in [6, 6.07) is 9.32. The second kappa shape index (κ2) is 6.05. The Morgan fingerprint density at radius 2 is 2.23 bits per heavy atom. The zero-order chi connectivity index (χ0) is 15.6. The van der Waals surface area contributed by atoms with Gasteiger partial charge in [-0.05, 0) is 31.0 Å². The van der Waals surface area contributed by atoms with Crippen molar-refractivity contribution in [2.45, 2.75) is 38.7 Å². The van der Waals surface area contributed by atoms with E-state index in [4.69, 9.17) is 0 Å². The maximum absolute atomic E-state index is 12.5. The molecule has 2 unspecified atom stereocenters. The molecule has 3 rings (SSSR count). The minimum atomic E-state index is -0.337. The van der Waals surface area contributed by atoms with Gasteiger partial charge in [0.15, 0.2) is 0 Å². The lowest BCUT2D eigenvalue weighted by Gasteiger charge is -2.38. The highest BCUT2D eigenvalue weighted by Crippen LogP contribution is 2.35. The van der Waals surface area contributed by atoms with Gasteiger partial charge < -0.3 is 10.4 Å². The number of fused-ring (bicyclic) bond motifs is 1. The highest BCUT2D eigenvalue weighted by atomic mass is 16.3. The minimum absolute atomic E-state index is 0.0994. The Bertz CT molecular complexity index is 680. The molecule has 0 aliphatic heterocycles. The quantitative estimate of drug-likeness (QED) is 0.916. The zero-order valence-electron chi connectivity index (χ0n) is 12.9. The smallest absolute Gasteiger partial charge is 0.251 e. The predicted octanol–water partition coefficient (Wildman–Crippen LogP) is 2.91. The molecule has 1 aliphatic carbocycles. The third-order valence-corrected chi connectivity index (χ3v) is 4.82. The van der Waals surface area contributed by atoms with Crippen molar-refractivity contribution < 1.29 is 9.90 Å². The molecule has 1 saturated carbocycles. The highest BCUT2D eigenvalue weighted by molar-refractivity contribution is 6.06. The number of hydrogen-bond donors (Lipinski definition) is 2. The fraction of sp³-hybridized carbons (Fsp3) is 0.444. The van der Waals surface area contributed by atoms with E-state index in [2.05, 4.69) is 17.2 Å². The number of amides is 1. The van der Waals surface area contributed by atoms with Gasteiger partial charge in [-0.15, -0.1) is 0 Å². The van der Waals surface area contributed by atoms with Crippen LogP contribution in [0.25, 0.3) is 10.9 Å². The lowest BCUT2D eigenvalue weighted by atomic mass is 9.73. The Morgan fingerprint density at radius 1 is 1.36 bits per heavy atom. The van der Waals surface area contributed by atoms with E-state index >= 15 is 0 Å². The average Bonchev–Trinajstić information content (AvgIpc) is 2.55. The predicted molar refractivity (Wildman–Crippen MR) is 86.7 cm³/mol. The summed E-state index contributed by atoms with van der Waals surface area (Å²) in [6.07, 6.45) is 5.34. The maximum Gasteiger partial charge on any atom is 0.251 e. The van der Waals surface area contributed by atoms with Gasteiger partial charge in [0.25, 0.3) is 5.91 Å². The topological polar surface area (TPSA) is 62.2 Å². The third-order valence-electron chi connectivity index (χ3n) is 4.82. The van der Waals surface area contributed by atoms with Gasteiger partial charge in [-0.2, -0.15) is 0 Å².